The maximum Gasteiger partial charge on any atom is 0.228 e. The summed E-state index contributed by atoms with van der Waals surface area (Å²) in [7, 11) is 1.97. The summed E-state index contributed by atoms with van der Waals surface area (Å²) in [5.74, 6) is 0.825. The highest BCUT2D eigenvalue weighted by Crippen LogP contribution is 2.17. The van der Waals surface area contributed by atoms with Crippen LogP contribution >= 0.6 is 36.2 Å². The van der Waals surface area contributed by atoms with Crippen molar-refractivity contribution >= 4 is 42.1 Å². The summed E-state index contributed by atoms with van der Waals surface area (Å²) in [6.07, 6.45) is 2.80. The third-order valence-corrected chi connectivity index (χ3v) is 4.19. The lowest BCUT2D eigenvalue weighted by Gasteiger charge is -2.32. The molecule has 1 amide bonds. The molecule has 1 saturated heterocycles. The smallest absolute Gasteiger partial charge is 0.228 e. The van der Waals surface area contributed by atoms with Crippen molar-refractivity contribution < 1.29 is 4.79 Å². The molecule has 0 bridgehead atoms. The van der Waals surface area contributed by atoms with Crippen molar-refractivity contribution in [2.75, 3.05) is 26.7 Å². The van der Waals surface area contributed by atoms with Crippen molar-refractivity contribution in [1.82, 2.24) is 15.2 Å². The molecule has 2 heterocycles. The van der Waals surface area contributed by atoms with Crippen LogP contribution in [0.15, 0.2) is 5.38 Å². The highest BCUT2D eigenvalue weighted by Gasteiger charge is 2.23. The summed E-state index contributed by atoms with van der Waals surface area (Å²) in [6.45, 7) is 4.77. The van der Waals surface area contributed by atoms with Gasteiger partial charge in [-0.05, 0) is 39.3 Å². The van der Waals surface area contributed by atoms with Gasteiger partial charge in [0.2, 0.25) is 5.91 Å². The molecule has 1 aliphatic rings. The van der Waals surface area contributed by atoms with Gasteiger partial charge in [0.05, 0.1) is 17.1 Å². The van der Waals surface area contributed by atoms with Crippen LogP contribution in [0.1, 0.15) is 23.5 Å². The van der Waals surface area contributed by atoms with E-state index in [1.165, 1.54) is 6.42 Å². The Bertz CT molecular complexity index is 412. The molecule has 0 radical (unpaired) electrons. The second-order valence-electron chi connectivity index (χ2n) is 4.94. The molecule has 1 aromatic rings. The second kappa shape index (κ2) is 9.55. The molecule has 0 spiro atoms. The van der Waals surface area contributed by atoms with Gasteiger partial charge >= 0.3 is 0 Å². The number of carbonyl (C=O) groups is 1. The lowest BCUT2D eigenvalue weighted by Crippen LogP contribution is -2.43. The minimum Gasteiger partial charge on any atom is -0.342 e. The maximum atomic E-state index is 12.2. The summed E-state index contributed by atoms with van der Waals surface area (Å²) < 4.78 is 0. The molecule has 0 saturated carbocycles. The predicted molar refractivity (Wildman–Crippen MR) is 88.3 cm³/mol. The Morgan fingerprint density at radius 2 is 2.30 bits per heavy atom. The van der Waals surface area contributed by atoms with Gasteiger partial charge in [0.1, 0.15) is 0 Å². The topological polar surface area (TPSA) is 45.2 Å². The van der Waals surface area contributed by atoms with Crippen molar-refractivity contribution in [3.63, 3.8) is 0 Å². The maximum absolute atomic E-state index is 12.2. The molecule has 7 heteroatoms. The van der Waals surface area contributed by atoms with Crippen molar-refractivity contribution in [2.45, 2.75) is 26.2 Å². The SMILES string of the molecule is CNCC1CCCN(C(=O)Cc2csc(C)n2)C1.Cl.Cl. The number of thiazole rings is 1. The van der Waals surface area contributed by atoms with E-state index in [2.05, 4.69) is 10.3 Å². The van der Waals surface area contributed by atoms with E-state index >= 15 is 0 Å². The van der Waals surface area contributed by atoms with Gasteiger partial charge in [-0.15, -0.1) is 36.2 Å². The Morgan fingerprint density at radius 1 is 1.55 bits per heavy atom. The predicted octanol–water partition coefficient (Wildman–Crippen LogP) is 2.30. The average molecular weight is 340 g/mol. The third kappa shape index (κ3) is 5.56. The van der Waals surface area contributed by atoms with E-state index in [9.17, 15) is 4.79 Å². The van der Waals surface area contributed by atoms with E-state index in [0.29, 0.717) is 12.3 Å². The highest BCUT2D eigenvalue weighted by molar-refractivity contribution is 7.09. The van der Waals surface area contributed by atoms with E-state index in [0.717, 1.165) is 36.8 Å². The molecule has 0 aliphatic carbocycles. The fourth-order valence-electron chi connectivity index (χ4n) is 2.50. The van der Waals surface area contributed by atoms with E-state index in [1.807, 2.05) is 24.3 Å². The fraction of sp³-hybridized carbons (Fsp3) is 0.692. The van der Waals surface area contributed by atoms with Gasteiger partial charge < -0.3 is 10.2 Å². The van der Waals surface area contributed by atoms with Crippen molar-refractivity contribution in [3.8, 4) is 0 Å². The lowest BCUT2D eigenvalue weighted by atomic mass is 9.98. The van der Waals surface area contributed by atoms with Gasteiger partial charge in [0, 0.05) is 18.5 Å². The molecule has 1 fully saturated rings. The molecule has 20 heavy (non-hydrogen) atoms. The summed E-state index contributed by atoms with van der Waals surface area (Å²) in [4.78, 5) is 18.6. The second-order valence-corrected chi connectivity index (χ2v) is 6.00. The molecule has 1 unspecified atom stereocenters. The molecule has 0 aromatic carbocycles. The molecule has 1 aliphatic heterocycles. The first kappa shape index (κ1) is 19.6. The summed E-state index contributed by atoms with van der Waals surface area (Å²) in [5, 5.41) is 6.22. The number of piperidine rings is 1. The largest absolute Gasteiger partial charge is 0.342 e. The van der Waals surface area contributed by atoms with Crippen LogP contribution in [-0.4, -0.2) is 42.5 Å². The third-order valence-electron chi connectivity index (χ3n) is 3.36. The van der Waals surface area contributed by atoms with E-state index in [-0.39, 0.29) is 30.7 Å². The van der Waals surface area contributed by atoms with Gasteiger partial charge in [-0.1, -0.05) is 0 Å². The van der Waals surface area contributed by atoms with Crippen LogP contribution in [0, 0.1) is 12.8 Å². The molecule has 2 rings (SSSR count). The Labute approximate surface area is 137 Å². The molecule has 1 atom stereocenters. The zero-order valence-electron chi connectivity index (χ0n) is 11.9. The van der Waals surface area contributed by atoms with Crippen LogP contribution < -0.4 is 5.32 Å². The first-order valence-corrected chi connectivity index (χ1v) is 7.40. The van der Waals surface area contributed by atoms with Gasteiger partial charge in [-0.3, -0.25) is 4.79 Å². The Morgan fingerprint density at radius 3 is 2.90 bits per heavy atom. The van der Waals surface area contributed by atoms with Crippen LogP contribution in [0.25, 0.3) is 0 Å². The number of likely N-dealkylation sites (tertiary alicyclic amines) is 1. The number of hydrogen-bond donors (Lipinski definition) is 1. The number of halogens is 2. The number of hydrogen-bond acceptors (Lipinski definition) is 4. The van der Waals surface area contributed by atoms with Crippen LogP contribution in [0.2, 0.25) is 0 Å². The molecule has 116 valence electrons. The van der Waals surface area contributed by atoms with E-state index in [1.54, 1.807) is 11.3 Å². The van der Waals surface area contributed by atoms with Gasteiger partial charge in [0.15, 0.2) is 0 Å². The highest BCUT2D eigenvalue weighted by atomic mass is 35.5. The molecular weight excluding hydrogens is 317 g/mol. The minimum atomic E-state index is 0. The first-order valence-electron chi connectivity index (χ1n) is 6.52. The van der Waals surface area contributed by atoms with E-state index < -0.39 is 0 Å². The van der Waals surface area contributed by atoms with Crippen LogP contribution in [0.3, 0.4) is 0 Å². The zero-order valence-corrected chi connectivity index (χ0v) is 14.4. The summed E-state index contributed by atoms with van der Waals surface area (Å²) >= 11 is 1.61. The standard InChI is InChI=1S/C13H21N3OS.2ClH/c1-10-15-12(9-18-10)6-13(17)16-5-3-4-11(8-16)7-14-2;;/h9,11,14H,3-8H2,1-2H3;2*1H. The molecular formula is C13H23Cl2N3OS. The number of nitrogens with one attached hydrogen (secondary N) is 1. The Hall–Kier alpha value is -0.360. The van der Waals surface area contributed by atoms with Gasteiger partial charge in [0.25, 0.3) is 0 Å². The zero-order chi connectivity index (χ0) is 13.0. The monoisotopic (exact) mass is 339 g/mol. The first-order chi connectivity index (χ1) is 8.69. The van der Waals surface area contributed by atoms with Gasteiger partial charge in [-0.2, -0.15) is 0 Å². The van der Waals surface area contributed by atoms with Crippen molar-refractivity contribution in [2.24, 2.45) is 5.92 Å². The number of carbonyl (C=O) groups excluding carboxylic acids is 1. The van der Waals surface area contributed by atoms with E-state index in [4.69, 9.17) is 0 Å². The summed E-state index contributed by atoms with van der Waals surface area (Å²) in [5.41, 5.74) is 0.915. The van der Waals surface area contributed by atoms with Crippen LogP contribution in [0.4, 0.5) is 0 Å². The fourth-order valence-corrected chi connectivity index (χ4v) is 3.12. The molecule has 4 nitrogen and oxygen atoms in total. The number of nitrogens with zero attached hydrogens (tertiary/aromatic N) is 2. The number of aromatic nitrogens is 1. The van der Waals surface area contributed by atoms with Crippen LogP contribution in [0.5, 0.6) is 0 Å². The average Bonchev–Trinajstić information content (AvgIpc) is 2.75. The molecule has 1 aromatic heterocycles. The quantitative estimate of drug-likeness (QED) is 0.915. The minimum absolute atomic E-state index is 0. The van der Waals surface area contributed by atoms with Crippen LogP contribution in [-0.2, 0) is 11.2 Å². The number of amides is 1. The Kier molecular flexibility index (Phi) is 9.38. The number of rotatable bonds is 4. The lowest BCUT2D eigenvalue weighted by molar-refractivity contribution is -0.132. The van der Waals surface area contributed by atoms with Crippen molar-refractivity contribution in [3.05, 3.63) is 16.1 Å². The Balaban J connectivity index is 0.00000180. The normalized spacial score (nSPS) is 18.1. The molecule has 1 N–H and O–H groups in total. The van der Waals surface area contributed by atoms with Crippen molar-refractivity contribution in [1.29, 1.82) is 0 Å². The number of aryl methyl sites for hydroxylation is 1. The van der Waals surface area contributed by atoms with Gasteiger partial charge in [-0.25, -0.2) is 4.98 Å². The summed E-state index contributed by atoms with van der Waals surface area (Å²) in [6, 6.07) is 0.